The van der Waals surface area contributed by atoms with Crippen molar-refractivity contribution < 1.29 is 9.18 Å². The van der Waals surface area contributed by atoms with Crippen molar-refractivity contribution in [1.29, 1.82) is 0 Å². The number of nitrogens with zero attached hydrogens (tertiary/aromatic N) is 3. The molecule has 1 heterocycles. The van der Waals surface area contributed by atoms with E-state index in [1.807, 2.05) is 12.1 Å². The van der Waals surface area contributed by atoms with Gasteiger partial charge in [-0.3, -0.25) is 4.79 Å². The van der Waals surface area contributed by atoms with Gasteiger partial charge in [-0.1, -0.05) is 12.1 Å². The summed E-state index contributed by atoms with van der Waals surface area (Å²) in [5.41, 5.74) is 2.16. The predicted octanol–water partition coefficient (Wildman–Crippen LogP) is 2.59. The molecule has 3 aromatic rings. The molecule has 0 radical (unpaired) electrons. The molecule has 2 aromatic carbocycles. The van der Waals surface area contributed by atoms with E-state index in [-0.39, 0.29) is 18.1 Å². The van der Waals surface area contributed by atoms with Gasteiger partial charge in [-0.2, -0.15) is 5.10 Å². The first-order chi connectivity index (χ1) is 10.7. The van der Waals surface area contributed by atoms with Gasteiger partial charge < -0.3 is 5.32 Å². The molecule has 0 aliphatic carbocycles. The highest BCUT2D eigenvalue weighted by Gasteiger charge is 2.05. The molecular weight excluding hydrogens is 283 g/mol. The van der Waals surface area contributed by atoms with Gasteiger partial charge in [-0.05, 0) is 42.0 Å². The maximum atomic E-state index is 13.1. The summed E-state index contributed by atoms with van der Waals surface area (Å²) in [6.07, 6.45) is 3.18. The highest BCUT2D eigenvalue weighted by Crippen LogP contribution is 2.13. The second-order valence-electron chi connectivity index (χ2n) is 4.74. The maximum absolute atomic E-state index is 13.1. The molecule has 5 nitrogen and oxygen atoms in total. The van der Waals surface area contributed by atoms with E-state index >= 15 is 0 Å². The van der Waals surface area contributed by atoms with Crippen molar-refractivity contribution in [3.8, 4) is 5.69 Å². The zero-order valence-corrected chi connectivity index (χ0v) is 11.6. The Bertz CT molecular complexity index is 769. The Kier molecular flexibility index (Phi) is 3.91. The van der Waals surface area contributed by atoms with Crippen molar-refractivity contribution in [2.45, 2.75) is 6.42 Å². The Morgan fingerprint density at radius 2 is 2.00 bits per heavy atom. The fraction of sp³-hybridized carbons (Fsp3) is 0.0625. The first kappa shape index (κ1) is 13.9. The predicted molar refractivity (Wildman–Crippen MR) is 80.1 cm³/mol. The number of amides is 1. The lowest BCUT2D eigenvalue weighted by molar-refractivity contribution is -0.115. The molecule has 0 unspecified atom stereocenters. The summed E-state index contributed by atoms with van der Waals surface area (Å²) in [7, 11) is 0. The molecule has 1 amide bonds. The molecule has 0 spiro atoms. The Balaban J connectivity index is 1.64. The Morgan fingerprint density at radius 3 is 2.68 bits per heavy atom. The molecule has 1 aromatic heterocycles. The minimum Gasteiger partial charge on any atom is -0.326 e. The van der Waals surface area contributed by atoms with Gasteiger partial charge in [-0.15, -0.1) is 0 Å². The van der Waals surface area contributed by atoms with Crippen LogP contribution in [0.25, 0.3) is 5.69 Å². The van der Waals surface area contributed by atoms with E-state index in [2.05, 4.69) is 15.4 Å². The average Bonchev–Trinajstić information content (AvgIpc) is 3.02. The minimum absolute atomic E-state index is 0.128. The normalized spacial score (nSPS) is 10.4. The third kappa shape index (κ3) is 3.35. The fourth-order valence-electron chi connectivity index (χ4n) is 2.08. The number of aromatic nitrogens is 3. The minimum atomic E-state index is -0.345. The van der Waals surface area contributed by atoms with Crippen LogP contribution in [0.2, 0.25) is 0 Å². The fourth-order valence-corrected chi connectivity index (χ4v) is 2.08. The molecule has 0 atom stereocenters. The first-order valence-electron chi connectivity index (χ1n) is 6.70. The van der Waals surface area contributed by atoms with Crippen molar-refractivity contribution in [1.82, 2.24) is 14.8 Å². The summed E-state index contributed by atoms with van der Waals surface area (Å²) in [6, 6.07) is 13.2. The lowest BCUT2D eigenvalue weighted by Crippen LogP contribution is -2.14. The van der Waals surface area contributed by atoms with Gasteiger partial charge >= 0.3 is 0 Å². The Hall–Kier alpha value is -3.02. The third-order valence-corrected chi connectivity index (χ3v) is 3.09. The molecule has 0 aliphatic heterocycles. The molecular formula is C16H13FN4O. The zero-order valence-electron chi connectivity index (χ0n) is 11.6. The molecule has 1 N–H and O–H groups in total. The van der Waals surface area contributed by atoms with Crippen LogP contribution in [0.3, 0.4) is 0 Å². The standard InChI is InChI=1S/C16H13FN4O/c17-13-3-1-2-12(8-13)9-16(22)20-14-4-6-15(7-5-14)21-11-18-10-19-21/h1-8,10-11H,9H2,(H,20,22). The van der Waals surface area contributed by atoms with Crippen LogP contribution in [0.4, 0.5) is 10.1 Å². The van der Waals surface area contributed by atoms with Gasteiger partial charge in [-0.25, -0.2) is 14.1 Å². The van der Waals surface area contributed by atoms with Crippen LogP contribution in [0.5, 0.6) is 0 Å². The number of halogens is 1. The number of benzene rings is 2. The van der Waals surface area contributed by atoms with E-state index < -0.39 is 0 Å². The van der Waals surface area contributed by atoms with E-state index in [0.717, 1.165) is 5.69 Å². The highest BCUT2D eigenvalue weighted by molar-refractivity contribution is 5.92. The second kappa shape index (κ2) is 6.17. The number of rotatable bonds is 4. The van der Waals surface area contributed by atoms with Gasteiger partial charge in [0.05, 0.1) is 12.1 Å². The van der Waals surface area contributed by atoms with E-state index in [1.54, 1.807) is 35.3 Å². The number of hydrogen-bond acceptors (Lipinski definition) is 3. The molecule has 6 heteroatoms. The molecule has 0 bridgehead atoms. The molecule has 0 aliphatic rings. The van der Waals surface area contributed by atoms with E-state index in [9.17, 15) is 9.18 Å². The largest absolute Gasteiger partial charge is 0.326 e. The van der Waals surface area contributed by atoms with Gasteiger partial charge in [0, 0.05) is 5.69 Å². The first-order valence-corrected chi connectivity index (χ1v) is 6.70. The lowest BCUT2D eigenvalue weighted by Gasteiger charge is -2.07. The third-order valence-electron chi connectivity index (χ3n) is 3.09. The van der Waals surface area contributed by atoms with Gasteiger partial charge in [0.1, 0.15) is 18.5 Å². The lowest BCUT2D eigenvalue weighted by atomic mass is 10.1. The van der Waals surface area contributed by atoms with Crippen LogP contribution < -0.4 is 5.32 Å². The van der Waals surface area contributed by atoms with Crippen molar-refractivity contribution in [3.63, 3.8) is 0 Å². The van der Waals surface area contributed by atoms with Crippen LogP contribution in [0.15, 0.2) is 61.2 Å². The van der Waals surface area contributed by atoms with E-state index in [4.69, 9.17) is 0 Å². The monoisotopic (exact) mass is 296 g/mol. The summed E-state index contributed by atoms with van der Waals surface area (Å²) in [5, 5.41) is 6.80. The van der Waals surface area contributed by atoms with Crippen molar-refractivity contribution >= 4 is 11.6 Å². The van der Waals surface area contributed by atoms with E-state index in [1.165, 1.54) is 18.5 Å². The van der Waals surface area contributed by atoms with Crippen molar-refractivity contribution in [2.75, 3.05) is 5.32 Å². The summed E-state index contributed by atoms with van der Waals surface area (Å²) in [4.78, 5) is 15.8. The summed E-state index contributed by atoms with van der Waals surface area (Å²) >= 11 is 0. The van der Waals surface area contributed by atoms with Gasteiger partial charge in [0.25, 0.3) is 0 Å². The molecule has 0 saturated heterocycles. The number of anilines is 1. The molecule has 0 fully saturated rings. The Labute approximate surface area is 126 Å². The van der Waals surface area contributed by atoms with Crippen LogP contribution in [-0.4, -0.2) is 20.7 Å². The van der Waals surface area contributed by atoms with Crippen LogP contribution in [-0.2, 0) is 11.2 Å². The SMILES string of the molecule is O=C(Cc1cccc(F)c1)Nc1ccc(-n2cncn2)cc1. The average molecular weight is 296 g/mol. The number of nitrogens with one attached hydrogen (secondary N) is 1. The quantitative estimate of drug-likeness (QED) is 0.805. The summed E-state index contributed by atoms with van der Waals surface area (Å²) in [5.74, 6) is -0.540. The molecule has 3 rings (SSSR count). The van der Waals surface area contributed by atoms with Crippen LogP contribution in [0.1, 0.15) is 5.56 Å². The molecule has 22 heavy (non-hydrogen) atoms. The summed E-state index contributed by atoms with van der Waals surface area (Å²) in [6.45, 7) is 0. The van der Waals surface area contributed by atoms with Gasteiger partial charge in [0.15, 0.2) is 0 Å². The number of carbonyl (C=O) groups excluding carboxylic acids is 1. The topological polar surface area (TPSA) is 59.8 Å². The van der Waals surface area contributed by atoms with E-state index in [0.29, 0.717) is 11.3 Å². The Morgan fingerprint density at radius 1 is 1.18 bits per heavy atom. The van der Waals surface area contributed by atoms with Crippen LogP contribution in [0, 0.1) is 5.82 Å². The van der Waals surface area contributed by atoms with Crippen molar-refractivity contribution in [3.05, 3.63) is 72.6 Å². The van der Waals surface area contributed by atoms with Crippen LogP contribution >= 0.6 is 0 Å². The molecule has 0 saturated carbocycles. The van der Waals surface area contributed by atoms with Crippen molar-refractivity contribution in [2.24, 2.45) is 0 Å². The smallest absolute Gasteiger partial charge is 0.228 e. The highest BCUT2D eigenvalue weighted by atomic mass is 19.1. The number of carbonyl (C=O) groups is 1. The summed E-state index contributed by atoms with van der Waals surface area (Å²) < 4.78 is 14.7. The zero-order chi connectivity index (χ0) is 15.4. The molecule has 110 valence electrons. The maximum Gasteiger partial charge on any atom is 0.228 e. The second-order valence-corrected chi connectivity index (χ2v) is 4.74. The van der Waals surface area contributed by atoms with Gasteiger partial charge in [0.2, 0.25) is 5.91 Å². The number of hydrogen-bond donors (Lipinski definition) is 1.